The van der Waals surface area contributed by atoms with Gasteiger partial charge in [0.15, 0.2) is 6.10 Å². The summed E-state index contributed by atoms with van der Waals surface area (Å²) in [5.74, 6) is -0.676. The molecule has 1 unspecified atom stereocenters. The number of hydrogen-bond acceptors (Lipinski definition) is 3. The number of hydrogen-bond donors (Lipinski definition) is 2. The first-order valence-corrected chi connectivity index (χ1v) is 6.94. The average Bonchev–Trinajstić information content (AvgIpc) is 3.22. The number of carbonyl (C=O) groups is 2. The van der Waals surface area contributed by atoms with Gasteiger partial charge in [0.2, 0.25) is 0 Å². The van der Waals surface area contributed by atoms with Gasteiger partial charge in [0, 0.05) is 17.7 Å². The first-order chi connectivity index (χ1) is 9.95. The van der Waals surface area contributed by atoms with E-state index < -0.39 is 12.1 Å². The highest BCUT2D eigenvalue weighted by atomic mass is 16.5. The third kappa shape index (κ3) is 4.63. The van der Waals surface area contributed by atoms with Crippen LogP contribution >= 0.6 is 0 Å². The van der Waals surface area contributed by atoms with E-state index in [0.717, 1.165) is 24.5 Å². The van der Waals surface area contributed by atoms with Gasteiger partial charge in [-0.1, -0.05) is 11.6 Å². The molecule has 112 valence electrons. The van der Waals surface area contributed by atoms with Crippen molar-refractivity contribution in [3.05, 3.63) is 35.4 Å². The highest BCUT2D eigenvalue weighted by Crippen LogP contribution is 2.23. The van der Waals surface area contributed by atoms with Crippen LogP contribution in [0.25, 0.3) is 6.08 Å². The van der Waals surface area contributed by atoms with Gasteiger partial charge >= 0.3 is 5.97 Å². The molecule has 2 rings (SSSR count). The number of aryl methyl sites for hydroxylation is 1. The molecule has 0 aliphatic heterocycles. The number of ether oxygens (including phenoxy) is 1. The van der Waals surface area contributed by atoms with Crippen LogP contribution in [0.15, 0.2) is 24.3 Å². The minimum Gasteiger partial charge on any atom is -0.480 e. The van der Waals surface area contributed by atoms with Crippen LogP contribution in [0.3, 0.4) is 0 Å². The maximum atomic E-state index is 11.9. The van der Waals surface area contributed by atoms with Gasteiger partial charge in [-0.25, -0.2) is 4.79 Å². The lowest BCUT2D eigenvalue weighted by Crippen LogP contribution is -2.37. The van der Waals surface area contributed by atoms with E-state index in [1.54, 1.807) is 13.0 Å². The minimum atomic E-state index is -1.03. The van der Waals surface area contributed by atoms with Crippen molar-refractivity contribution in [1.82, 2.24) is 5.32 Å². The number of carbonyl (C=O) groups excluding carboxylic acids is 1. The fraction of sp³-hybridized carbons (Fsp3) is 0.375. The molecule has 1 aromatic rings. The Bertz CT molecular complexity index is 576. The molecule has 5 heteroatoms. The predicted octanol–water partition coefficient (Wildman–Crippen LogP) is 2.14. The number of rotatable bonds is 6. The van der Waals surface area contributed by atoms with Gasteiger partial charge in [-0.05, 0) is 44.9 Å². The van der Waals surface area contributed by atoms with Gasteiger partial charge in [-0.15, -0.1) is 0 Å². The fourth-order valence-electron chi connectivity index (χ4n) is 1.86. The van der Waals surface area contributed by atoms with Crippen LogP contribution in [0, 0.1) is 6.92 Å². The zero-order valence-electron chi connectivity index (χ0n) is 12.1. The molecule has 1 saturated carbocycles. The van der Waals surface area contributed by atoms with E-state index >= 15 is 0 Å². The number of carboxylic acids is 1. The van der Waals surface area contributed by atoms with Crippen molar-refractivity contribution in [3.8, 4) is 5.75 Å². The van der Waals surface area contributed by atoms with Gasteiger partial charge in [-0.2, -0.15) is 0 Å². The molecule has 1 aromatic carbocycles. The second-order valence-electron chi connectivity index (χ2n) is 5.26. The number of amides is 1. The van der Waals surface area contributed by atoms with Crippen LogP contribution in [-0.4, -0.2) is 29.1 Å². The highest BCUT2D eigenvalue weighted by molar-refractivity contribution is 5.86. The summed E-state index contributed by atoms with van der Waals surface area (Å²) in [6.07, 6.45) is 3.95. The standard InChI is InChI=1S/C16H19NO4/c1-10-3-7-14(12(9-10)4-8-15(18)19)21-11(2)16(20)17-13-5-6-13/h3-4,7-9,11,13H,5-6H2,1-2H3,(H,17,20)(H,18,19). The first kappa shape index (κ1) is 15.1. The van der Waals surface area contributed by atoms with E-state index in [1.807, 2.05) is 19.1 Å². The Morgan fingerprint density at radius 2 is 2.14 bits per heavy atom. The Kier molecular flexibility index (Phi) is 4.62. The zero-order valence-corrected chi connectivity index (χ0v) is 12.1. The quantitative estimate of drug-likeness (QED) is 0.787. The topological polar surface area (TPSA) is 75.6 Å². The summed E-state index contributed by atoms with van der Waals surface area (Å²) in [4.78, 5) is 22.5. The van der Waals surface area contributed by atoms with Crippen LogP contribution in [0.1, 0.15) is 30.9 Å². The Labute approximate surface area is 123 Å². The molecule has 21 heavy (non-hydrogen) atoms. The maximum Gasteiger partial charge on any atom is 0.328 e. The maximum absolute atomic E-state index is 11.9. The summed E-state index contributed by atoms with van der Waals surface area (Å²) in [5.41, 5.74) is 1.63. The Morgan fingerprint density at radius 3 is 2.76 bits per heavy atom. The lowest BCUT2D eigenvalue weighted by atomic mass is 10.1. The molecule has 1 amide bonds. The minimum absolute atomic E-state index is 0.147. The van der Waals surface area contributed by atoms with Crippen molar-refractivity contribution < 1.29 is 19.4 Å². The third-order valence-corrected chi connectivity index (χ3v) is 3.17. The molecule has 0 spiro atoms. The summed E-state index contributed by atoms with van der Waals surface area (Å²) in [7, 11) is 0. The van der Waals surface area contributed by atoms with E-state index in [4.69, 9.17) is 9.84 Å². The lowest BCUT2D eigenvalue weighted by Gasteiger charge is -2.16. The van der Waals surface area contributed by atoms with Gasteiger partial charge in [0.1, 0.15) is 5.75 Å². The van der Waals surface area contributed by atoms with Crippen molar-refractivity contribution in [1.29, 1.82) is 0 Å². The van der Waals surface area contributed by atoms with Crippen molar-refractivity contribution in [3.63, 3.8) is 0 Å². The van der Waals surface area contributed by atoms with E-state index in [1.165, 1.54) is 6.08 Å². The zero-order chi connectivity index (χ0) is 15.4. The van der Waals surface area contributed by atoms with Gasteiger partial charge in [0.25, 0.3) is 5.91 Å². The molecule has 1 aliphatic carbocycles. The SMILES string of the molecule is Cc1ccc(OC(C)C(=O)NC2CC2)c(C=CC(=O)O)c1. The molecule has 5 nitrogen and oxygen atoms in total. The molecule has 1 fully saturated rings. The molecule has 1 aliphatic rings. The van der Waals surface area contributed by atoms with Crippen molar-refractivity contribution in [2.24, 2.45) is 0 Å². The van der Waals surface area contributed by atoms with Crippen molar-refractivity contribution in [2.75, 3.05) is 0 Å². The summed E-state index contributed by atoms with van der Waals surface area (Å²) in [6.45, 7) is 3.59. The number of aliphatic carboxylic acids is 1. The molecular formula is C16H19NO4. The Hall–Kier alpha value is -2.30. The number of nitrogens with one attached hydrogen (secondary N) is 1. The van der Waals surface area contributed by atoms with Crippen molar-refractivity contribution in [2.45, 2.75) is 38.8 Å². The molecular weight excluding hydrogens is 270 g/mol. The molecule has 2 N–H and O–H groups in total. The molecule has 0 bridgehead atoms. The number of carboxylic acid groups (broad SMARTS) is 1. The molecule has 0 saturated heterocycles. The highest BCUT2D eigenvalue weighted by Gasteiger charge is 2.26. The predicted molar refractivity (Wildman–Crippen MR) is 79.1 cm³/mol. The van der Waals surface area contributed by atoms with Crippen LogP contribution in [0.5, 0.6) is 5.75 Å². The molecule has 0 aromatic heterocycles. The first-order valence-electron chi connectivity index (χ1n) is 6.94. The fourth-order valence-corrected chi connectivity index (χ4v) is 1.86. The Morgan fingerprint density at radius 1 is 1.43 bits per heavy atom. The molecule has 1 atom stereocenters. The van der Waals surface area contributed by atoms with Gasteiger partial charge < -0.3 is 15.2 Å². The smallest absolute Gasteiger partial charge is 0.328 e. The van der Waals surface area contributed by atoms with E-state index in [-0.39, 0.29) is 11.9 Å². The number of benzene rings is 1. The van der Waals surface area contributed by atoms with Crippen LogP contribution in [0.4, 0.5) is 0 Å². The monoisotopic (exact) mass is 289 g/mol. The van der Waals surface area contributed by atoms with Gasteiger partial charge in [0.05, 0.1) is 0 Å². The van der Waals surface area contributed by atoms with E-state index in [2.05, 4.69) is 5.32 Å². The lowest BCUT2D eigenvalue weighted by molar-refractivity contribution is -0.131. The van der Waals surface area contributed by atoms with Crippen LogP contribution in [-0.2, 0) is 9.59 Å². The largest absolute Gasteiger partial charge is 0.480 e. The van der Waals surface area contributed by atoms with Crippen LogP contribution in [0.2, 0.25) is 0 Å². The summed E-state index contributed by atoms with van der Waals surface area (Å²) < 4.78 is 5.67. The second-order valence-corrected chi connectivity index (χ2v) is 5.26. The van der Waals surface area contributed by atoms with Crippen molar-refractivity contribution >= 4 is 18.0 Å². The second kappa shape index (κ2) is 6.43. The van der Waals surface area contributed by atoms with E-state index in [0.29, 0.717) is 11.3 Å². The van der Waals surface area contributed by atoms with E-state index in [9.17, 15) is 9.59 Å². The molecule has 0 heterocycles. The summed E-state index contributed by atoms with van der Waals surface area (Å²) >= 11 is 0. The summed E-state index contributed by atoms with van der Waals surface area (Å²) in [6, 6.07) is 5.71. The van der Waals surface area contributed by atoms with Gasteiger partial charge in [-0.3, -0.25) is 4.79 Å². The normalized spacial score (nSPS) is 15.7. The summed E-state index contributed by atoms with van der Waals surface area (Å²) in [5, 5.41) is 11.6. The molecule has 0 radical (unpaired) electrons. The Balaban J connectivity index is 2.10. The average molecular weight is 289 g/mol. The third-order valence-electron chi connectivity index (χ3n) is 3.17. The van der Waals surface area contributed by atoms with Crippen LogP contribution < -0.4 is 10.1 Å².